The molecule has 0 unspecified atom stereocenters. The number of piperidine rings is 1. The molecule has 8 heteroatoms. The highest BCUT2D eigenvalue weighted by atomic mass is 32.2. The van der Waals surface area contributed by atoms with Crippen molar-refractivity contribution in [1.82, 2.24) is 9.62 Å². The van der Waals surface area contributed by atoms with E-state index in [0.717, 1.165) is 36.9 Å². The maximum absolute atomic E-state index is 13.3. The molecule has 1 aromatic rings. The van der Waals surface area contributed by atoms with Crippen LogP contribution in [-0.4, -0.2) is 50.2 Å². The summed E-state index contributed by atoms with van der Waals surface area (Å²) in [7, 11) is -3.62. The SMILES string of the molecule is CC(=O)N1CCCc2cc(S(=O)(=O)N3CCC(C(=O)NC4CCCCCCC4)CC3)ccc21. The standard InChI is InChI=1S/C25H37N3O4S/c1-19(29)28-15-7-8-21-18-23(11-12-24(21)28)33(31,32)27-16-13-20(14-17-27)25(30)26-22-9-5-3-2-4-6-10-22/h11-12,18,20,22H,2-10,13-17H2,1H3,(H,26,30). The summed E-state index contributed by atoms with van der Waals surface area (Å²) in [6.45, 7) is 2.94. The lowest BCUT2D eigenvalue weighted by atomic mass is 9.94. The quantitative estimate of drug-likeness (QED) is 0.721. The van der Waals surface area contributed by atoms with Gasteiger partial charge in [0, 0.05) is 44.2 Å². The van der Waals surface area contributed by atoms with Crippen molar-refractivity contribution in [1.29, 1.82) is 0 Å². The van der Waals surface area contributed by atoms with Gasteiger partial charge in [0.05, 0.1) is 4.90 Å². The van der Waals surface area contributed by atoms with E-state index in [1.165, 1.54) is 43.3 Å². The van der Waals surface area contributed by atoms with Gasteiger partial charge in [0.1, 0.15) is 0 Å². The number of carbonyl (C=O) groups is 2. The minimum absolute atomic E-state index is 0.0219. The van der Waals surface area contributed by atoms with Gasteiger partial charge in [-0.2, -0.15) is 4.31 Å². The first-order valence-corrected chi connectivity index (χ1v) is 14.0. The number of aryl methyl sites for hydroxylation is 1. The zero-order valence-corrected chi connectivity index (χ0v) is 20.5. The molecule has 2 amide bonds. The molecule has 2 heterocycles. The van der Waals surface area contributed by atoms with E-state index in [0.29, 0.717) is 32.5 Å². The van der Waals surface area contributed by atoms with Crippen LogP contribution in [0.4, 0.5) is 5.69 Å². The molecule has 2 fully saturated rings. The minimum atomic E-state index is -3.62. The van der Waals surface area contributed by atoms with Crippen LogP contribution in [0.3, 0.4) is 0 Å². The maximum Gasteiger partial charge on any atom is 0.243 e. The molecule has 0 bridgehead atoms. The third-order valence-electron chi connectivity index (χ3n) is 7.46. The van der Waals surface area contributed by atoms with Gasteiger partial charge in [-0.05, 0) is 62.3 Å². The predicted molar refractivity (Wildman–Crippen MR) is 129 cm³/mol. The first-order valence-electron chi connectivity index (χ1n) is 12.6. The Kier molecular flexibility index (Phi) is 7.74. The third kappa shape index (κ3) is 5.60. The summed E-state index contributed by atoms with van der Waals surface area (Å²) in [6.07, 6.45) is 11.0. The second kappa shape index (κ2) is 10.6. The van der Waals surface area contributed by atoms with Crippen molar-refractivity contribution in [3.05, 3.63) is 23.8 Å². The number of hydrogen-bond donors (Lipinski definition) is 1. The number of hydrogen-bond acceptors (Lipinski definition) is 4. The molecule has 182 valence electrons. The number of fused-ring (bicyclic) bond motifs is 1. The van der Waals surface area contributed by atoms with Gasteiger partial charge in [0.25, 0.3) is 0 Å². The number of amides is 2. The van der Waals surface area contributed by atoms with Crippen LogP contribution >= 0.6 is 0 Å². The normalized spacial score (nSPS) is 21.7. The second-order valence-electron chi connectivity index (χ2n) is 9.79. The molecule has 0 radical (unpaired) electrons. The summed E-state index contributed by atoms with van der Waals surface area (Å²) in [5.41, 5.74) is 1.73. The van der Waals surface area contributed by atoms with Crippen molar-refractivity contribution < 1.29 is 18.0 Å². The fourth-order valence-electron chi connectivity index (χ4n) is 5.49. The van der Waals surface area contributed by atoms with E-state index < -0.39 is 10.0 Å². The molecule has 2 aliphatic heterocycles. The smallest absolute Gasteiger partial charge is 0.243 e. The maximum atomic E-state index is 13.3. The molecule has 7 nitrogen and oxygen atoms in total. The number of nitrogens with zero attached hydrogens (tertiary/aromatic N) is 2. The fourth-order valence-corrected chi connectivity index (χ4v) is 7.01. The molecule has 4 rings (SSSR count). The largest absolute Gasteiger partial charge is 0.353 e. The van der Waals surface area contributed by atoms with Crippen molar-refractivity contribution in [2.75, 3.05) is 24.5 Å². The van der Waals surface area contributed by atoms with E-state index in [9.17, 15) is 18.0 Å². The number of anilines is 1. The van der Waals surface area contributed by atoms with Crippen LogP contribution in [-0.2, 0) is 26.0 Å². The highest BCUT2D eigenvalue weighted by molar-refractivity contribution is 7.89. The lowest BCUT2D eigenvalue weighted by Gasteiger charge is -2.32. The molecular weight excluding hydrogens is 438 g/mol. The Hall–Kier alpha value is -1.93. The lowest BCUT2D eigenvalue weighted by Crippen LogP contribution is -2.45. The van der Waals surface area contributed by atoms with E-state index in [-0.39, 0.29) is 28.7 Å². The van der Waals surface area contributed by atoms with E-state index in [4.69, 9.17) is 0 Å². The van der Waals surface area contributed by atoms with E-state index in [1.54, 1.807) is 23.1 Å². The van der Waals surface area contributed by atoms with Gasteiger partial charge in [-0.3, -0.25) is 9.59 Å². The molecular formula is C25H37N3O4S. The lowest BCUT2D eigenvalue weighted by molar-refractivity contribution is -0.127. The van der Waals surface area contributed by atoms with Gasteiger partial charge < -0.3 is 10.2 Å². The van der Waals surface area contributed by atoms with Crippen LogP contribution in [0.5, 0.6) is 0 Å². The van der Waals surface area contributed by atoms with Crippen LogP contribution in [0.25, 0.3) is 0 Å². The number of benzene rings is 1. The van der Waals surface area contributed by atoms with E-state index >= 15 is 0 Å². The van der Waals surface area contributed by atoms with Gasteiger partial charge in [0.15, 0.2) is 0 Å². The summed E-state index contributed by atoms with van der Waals surface area (Å²) >= 11 is 0. The summed E-state index contributed by atoms with van der Waals surface area (Å²) in [5, 5.41) is 3.25. The first-order chi connectivity index (χ1) is 15.9. The predicted octanol–water partition coefficient (Wildman–Crippen LogP) is 3.62. The molecule has 1 N–H and O–H groups in total. The van der Waals surface area contributed by atoms with Crippen molar-refractivity contribution in [2.45, 2.75) is 88.5 Å². The molecule has 0 aromatic heterocycles. The fraction of sp³-hybridized carbons (Fsp3) is 0.680. The van der Waals surface area contributed by atoms with Crippen molar-refractivity contribution >= 4 is 27.5 Å². The van der Waals surface area contributed by atoms with Gasteiger partial charge in [-0.25, -0.2) is 8.42 Å². The highest BCUT2D eigenvalue weighted by Crippen LogP contribution is 2.32. The summed E-state index contributed by atoms with van der Waals surface area (Å²) in [5.74, 6) is -0.0448. The van der Waals surface area contributed by atoms with Crippen LogP contribution in [0.1, 0.15) is 76.7 Å². The molecule has 3 aliphatic rings. The van der Waals surface area contributed by atoms with Crippen LogP contribution in [0.15, 0.2) is 23.1 Å². The zero-order valence-electron chi connectivity index (χ0n) is 19.7. The minimum Gasteiger partial charge on any atom is -0.353 e. The molecule has 1 aromatic carbocycles. The van der Waals surface area contributed by atoms with Gasteiger partial charge >= 0.3 is 0 Å². The zero-order chi connectivity index (χ0) is 23.4. The first kappa shape index (κ1) is 24.2. The summed E-state index contributed by atoms with van der Waals surface area (Å²) < 4.78 is 28.1. The average molecular weight is 476 g/mol. The third-order valence-corrected chi connectivity index (χ3v) is 9.36. The Morgan fingerprint density at radius 1 is 0.909 bits per heavy atom. The summed E-state index contributed by atoms with van der Waals surface area (Å²) in [6, 6.07) is 5.37. The monoisotopic (exact) mass is 475 g/mol. The topological polar surface area (TPSA) is 86.8 Å². The Balaban J connectivity index is 1.37. The molecule has 0 atom stereocenters. The number of nitrogens with one attached hydrogen (secondary N) is 1. The molecule has 1 saturated heterocycles. The van der Waals surface area contributed by atoms with Crippen molar-refractivity contribution in [2.24, 2.45) is 5.92 Å². The number of sulfonamides is 1. The summed E-state index contributed by atoms with van der Waals surface area (Å²) in [4.78, 5) is 26.7. The van der Waals surface area contributed by atoms with Crippen LogP contribution < -0.4 is 10.2 Å². The van der Waals surface area contributed by atoms with Crippen LogP contribution in [0, 0.1) is 5.92 Å². The molecule has 1 saturated carbocycles. The molecule has 33 heavy (non-hydrogen) atoms. The van der Waals surface area contributed by atoms with E-state index in [2.05, 4.69) is 5.32 Å². The van der Waals surface area contributed by atoms with Gasteiger partial charge in [-0.1, -0.05) is 32.1 Å². The Bertz CT molecular complexity index is 962. The number of carbonyl (C=O) groups excluding carboxylic acids is 2. The highest BCUT2D eigenvalue weighted by Gasteiger charge is 2.33. The number of rotatable bonds is 4. The Labute approximate surface area is 198 Å². The molecule has 0 spiro atoms. The molecule has 1 aliphatic carbocycles. The average Bonchev–Trinajstić information content (AvgIpc) is 2.79. The Morgan fingerprint density at radius 2 is 1.58 bits per heavy atom. The second-order valence-corrected chi connectivity index (χ2v) is 11.7. The van der Waals surface area contributed by atoms with Gasteiger partial charge in [-0.15, -0.1) is 0 Å². The van der Waals surface area contributed by atoms with Gasteiger partial charge in [0.2, 0.25) is 21.8 Å². The van der Waals surface area contributed by atoms with Crippen molar-refractivity contribution in [3.8, 4) is 0 Å². The Morgan fingerprint density at radius 3 is 2.24 bits per heavy atom. The van der Waals surface area contributed by atoms with Crippen molar-refractivity contribution in [3.63, 3.8) is 0 Å². The van der Waals surface area contributed by atoms with E-state index in [1.807, 2.05) is 0 Å². The van der Waals surface area contributed by atoms with Crippen LogP contribution in [0.2, 0.25) is 0 Å².